The van der Waals surface area contributed by atoms with Crippen LogP contribution in [0.4, 0.5) is 0 Å². The molecule has 4 aromatic rings. The highest BCUT2D eigenvalue weighted by Gasteiger charge is 2.18. The lowest BCUT2D eigenvalue weighted by Gasteiger charge is -2.01. The Balaban J connectivity index is 1.64. The average molecular weight is 388 g/mol. The highest BCUT2D eigenvalue weighted by Crippen LogP contribution is 2.36. The Morgan fingerprint density at radius 3 is 2.86 bits per heavy atom. The van der Waals surface area contributed by atoms with Gasteiger partial charge in [0.2, 0.25) is 6.79 Å². The van der Waals surface area contributed by atoms with Crippen molar-refractivity contribution in [2.24, 2.45) is 4.99 Å². The third kappa shape index (κ3) is 2.69. The molecule has 1 aliphatic rings. The molecule has 0 saturated carbocycles. The second-order valence-electron chi connectivity index (χ2n) is 6.01. The number of ether oxygens (including phenoxy) is 2. The molecule has 1 aliphatic heterocycles. The molecule has 0 spiro atoms. The number of thiazole rings is 1. The van der Waals surface area contributed by atoms with Crippen molar-refractivity contribution in [1.29, 1.82) is 0 Å². The van der Waals surface area contributed by atoms with Crippen molar-refractivity contribution >= 4 is 38.5 Å². The topological polar surface area (TPSA) is 78.6 Å². The molecule has 2 aromatic carbocycles. The smallest absolute Gasteiger partial charge is 0.299 e. The number of carbonyl (C=O) groups is 1. The van der Waals surface area contributed by atoms with Gasteiger partial charge in [0.15, 0.2) is 16.3 Å². The van der Waals surface area contributed by atoms with Crippen LogP contribution in [0.1, 0.15) is 10.5 Å². The number of aromatic nitrogens is 3. The molecule has 7 nitrogen and oxygen atoms in total. The van der Waals surface area contributed by atoms with Crippen LogP contribution >= 0.6 is 11.3 Å². The number of fused-ring (bicyclic) bond motifs is 3. The Bertz CT molecular complexity index is 1360. The maximum atomic E-state index is 12.7. The summed E-state index contributed by atoms with van der Waals surface area (Å²) in [5, 5.41) is 0. The van der Waals surface area contributed by atoms with Crippen LogP contribution in [0, 0.1) is 12.3 Å². The Kier molecular flexibility index (Phi) is 3.81. The highest BCUT2D eigenvalue weighted by atomic mass is 32.1. The number of para-hydroxylation sites is 2. The molecule has 2 aromatic heterocycles. The van der Waals surface area contributed by atoms with E-state index < -0.39 is 5.91 Å². The van der Waals surface area contributed by atoms with E-state index in [0.29, 0.717) is 21.8 Å². The SMILES string of the molecule is C#CCn1c(=NC(=O)c2cnc3ccccc3n2)sc2cc3c(cc21)OCO3. The van der Waals surface area contributed by atoms with E-state index in [4.69, 9.17) is 15.9 Å². The van der Waals surface area contributed by atoms with Crippen molar-refractivity contribution in [2.75, 3.05) is 6.79 Å². The van der Waals surface area contributed by atoms with Gasteiger partial charge in [-0.05, 0) is 12.1 Å². The van der Waals surface area contributed by atoms with Crippen molar-refractivity contribution in [1.82, 2.24) is 14.5 Å². The van der Waals surface area contributed by atoms with Crippen molar-refractivity contribution in [3.05, 3.63) is 53.1 Å². The monoisotopic (exact) mass is 388 g/mol. The van der Waals surface area contributed by atoms with Crippen molar-refractivity contribution in [3.63, 3.8) is 0 Å². The van der Waals surface area contributed by atoms with Crippen LogP contribution in [-0.2, 0) is 6.54 Å². The largest absolute Gasteiger partial charge is 0.454 e. The number of hydrogen-bond donors (Lipinski definition) is 0. The minimum Gasteiger partial charge on any atom is -0.454 e. The molecule has 0 bridgehead atoms. The molecule has 8 heteroatoms. The van der Waals surface area contributed by atoms with Crippen molar-refractivity contribution in [3.8, 4) is 23.8 Å². The predicted molar refractivity (Wildman–Crippen MR) is 104 cm³/mol. The normalized spacial score (nSPS) is 13.2. The van der Waals surface area contributed by atoms with Crippen molar-refractivity contribution in [2.45, 2.75) is 6.54 Å². The van der Waals surface area contributed by atoms with Crippen molar-refractivity contribution < 1.29 is 14.3 Å². The zero-order valence-electron chi connectivity index (χ0n) is 14.5. The first-order chi connectivity index (χ1) is 13.7. The van der Waals surface area contributed by atoms with Crippen LogP contribution in [0.2, 0.25) is 0 Å². The quantitative estimate of drug-likeness (QED) is 0.494. The molecule has 28 heavy (non-hydrogen) atoms. The lowest BCUT2D eigenvalue weighted by molar-refractivity contribution is 0.0993. The molecule has 136 valence electrons. The van der Waals surface area contributed by atoms with Gasteiger partial charge in [0.1, 0.15) is 5.69 Å². The molecule has 0 radical (unpaired) electrons. The van der Waals surface area contributed by atoms with Crippen LogP contribution in [0.15, 0.2) is 47.6 Å². The molecular formula is C20H12N4O3S. The van der Waals surface area contributed by atoms with Gasteiger partial charge in [0.25, 0.3) is 5.91 Å². The van der Waals surface area contributed by atoms with Gasteiger partial charge in [0, 0.05) is 12.1 Å². The van der Waals surface area contributed by atoms with E-state index in [1.54, 1.807) is 10.6 Å². The van der Waals surface area contributed by atoms with E-state index >= 15 is 0 Å². The molecular weight excluding hydrogens is 376 g/mol. The molecule has 1 amide bonds. The Morgan fingerprint density at radius 2 is 2.04 bits per heavy atom. The lowest BCUT2D eigenvalue weighted by Crippen LogP contribution is -2.17. The van der Waals surface area contributed by atoms with E-state index in [9.17, 15) is 4.79 Å². The standard InChI is InChI=1S/C20H12N4O3S/c1-2-7-24-15-8-16-17(27-11-26-16)9-18(15)28-20(24)23-19(25)14-10-21-12-5-3-4-6-13(12)22-14/h1,3-6,8-10H,7,11H2. The summed E-state index contributed by atoms with van der Waals surface area (Å²) in [4.78, 5) is 26.1. The van der Waals surface area contributed by atoms with E-state index in [1.165, 1.54) is 17.5 Å². The summed E-state index contributed by atoms with van der Waals surface area (Å²) in [6, 6.07) is 11.1. The van der Waals surface area contributed by atoms with Crippen LogP contribution in [0.5, 0.6) is 11.5 Å². The summed E-state index contributed by atoms with van der Waals surface area (Å²) in [5.74, 6) is 3.44. The van der Waals surface area contributed by atoms with E-state index in [1.807, 2.05) is 30.3 Å². The summed E-state index contributed by atoms with van der Waals surface area (Å²) in [6.45, 7) is 0.466. The van der Waals surface area contributed by atoms with Crippen LogP contribution in [0.3, 0.4) is 0 Å². The fourth-order valence-corrected chi connectivity index (χ4v) is 4.03. The third-order valence-corrected chi connectivity index (χ3v) is 5.33. The Labute approximate surface area is 162 Å². The van der Waals surface area contributed by atoms with Gasteiger partial charge in [-0.25, -0.2) is 4.98 Å². The maximum Gasteiger partial charge on any atom is 0.299 e. The van der Waals surface area contributed by atoms with Gasteiger partial charge in [-0.15, -0.1) is 6.42 Å². The van der Waals surface area contributed by atoms with E-state index in [2.05, 4.69) is 20.9 Å². The fraction of sp³-hybridized carbons (Fsp3) is 0.100. The van der Waals surface area contributed by atoms with Crippen LogP contribution < -0.4 is 14.3 Å². The van der Waals surface area contributed by atoms with Gasteiger partial charge in [-0.3, -0.25) is 9.78 Å². The van der Waals surface area contributed by atoms with E-state index in [0.717, 1.165) is 15.7 Å². The van der Waals surface area contributed by atoms with Gasteiger partial charge in [0.05, 0.1) is 34.0 Å². The number of nitrogens with zero attached hydrogens (tertiary/aromatic N) is 4. The Morgan fingerprint density at radius 1 is 1.25 bits per heavy atom. The second kappa shape index (κ2) is 6.48. The first-order valence-corrected chi connectivity index (χ1v) is 9.22. The zero-order chi connectivity index (χ0) is 19.1. The average Bonchev–Trinajstić information content (AvgIpc) is 3.30. The summed E-state index contributed by atoms with van der Waals surface area (Å²) >= 11 is 1.35. The minimum absolute atomic E-state index is 0.178. The molecule has 5 rings (SSSR count). The number of benzene rings is 2. The van der Waals surface area contributed by atoms with Crippen LogP contribution in [0.25, 0.3) is 21.3 Å². The third-order valence-electron chi connectivity index (χ3n) is 4.29. The molecule has 0 N–H and O–H groups in total. The molecule has 0 unspecified atom stereocenters. The molecule has 0 aliphatic carbocycles. The number of carbonyl (C=O) groups excluding carboxylic acids is 1. The fourth-order valence-electron chi connectivity index (χ4n) is 2.99. The number of hydrogen-bond acceptors (Lipinski definition) is 6. The summed E-state index contributed by atoms with van der Waals surface area (Å²) in [5.41, 5.74) is 2.38. The Hall–Kier alpha value is -3.70. The zero-order valence-corrected chi connectivity index (χ0v) is 15.3. The molecule has 0 atom stereocenters. The van der Waals surface area contributed by atoms with Gasteiger partial charge in [-0.2, -0.15) is 4.99 Å². The number of rotatable bonds is 2. The first kappa shape index (κ1) is 16.5. The highest BCUT2D eigenvalue weighted by molar-refractivity contribution is 7.16. The minimum atomic E-state index is -0.476. The van der Waals surface area contributed by atoms with Gasteiger partial charge >= 0.3 is 0 Å². The predicted octanol–water partition coefficient (Wildman–Crippen LogP) is 2.75. The summed E-state index contributed by atoms with van der Waals surface area (Å²) in [7, 11) is 0. The van der Waals surface area contributed by atoms with Gasteiger partial charge < -0.3 is 14.0 Å². The number of amides is 1. The van der Waals surface area contributed by atoms with E-state index in [-0.39, 0.29) is 19.0 Å². The maximum absolute atomic E-state index is 12.7. The molecule has 0 saturated heterocycles. The number of terminal acetylenes is 1. The summed E-state index contributed by atoms with van der Waals surface area (Å²) < 4.78 is 13.6. The lowest BCUT2D eigenvalue weighted by atomic mass is 10.3. The first-order valence-electron chi connectivity index (χ1n) is 8.40. The summed E-state index contributed by atoms with van der Waals surface area (Å²) in [6.07, 6.45) is 6.96. The second-order valence-corrected chi connectivity index (χ2v) is 7.02. The van der Waals surface area contributed by atoms with Gasteiger partial charge in [-0.1, -0.05) is 29.4 Å². The molecule has 0 fully saturated rings. The van der Waals surface area contributed by atoms with Crippen LogP contribution in [-0.4, -0.2) is 27.2 Å². The molecule has 3 heterocycles.